The van der Waals surface area contributed by atoms with E-state index >= 15 is 0 Å². The van der Waals surface area contributed by atoms with Crippen LogP contribution in [0.4, 0.5) is 11.9 Å². The van der Waals surface area contributed by atoms with Crippen LogP contribution < -0.4 is 10.6 Å². The molecule has 0 spiro atoms. The molecule has 0 radical (unpaired) electrons. The molecule has 0 aliphatic carbocycles. The molecular formula is C12H22N6O. The van der Waals surface area contributed by atoms with Crippen molar-refractivity contribution in [2.75, 3.05) is 37.8 Å². The number of piperidine rings is 1. The first-order chi connectivity index (χ1) is 8.85. The Morgan fingerprint density at radius 3 is 2.74 bits per heavy atom. The number of likely N-dealkylation sites (tertiary alicyclic amines) is 1. The van der Waals surface area contributed by atoms with E-state index in [2.05, 4.69) is 19.9 Å². The summed E-state index contributed by atoms with van der Waals surface area (Å²) in [6.45, 7) is 4.03. The summed E-state index contributed by atoms with van der Waals surface area (Å²) >= 11 is 0. The maximum absolute atomic E-state index is 10.1. The summed E-state index contributed by atoms with van der Waals surface area (Å²) in [6, 6.07) is 0. The third-order valence-corrected chi connectivity index (χ3v) is 3.21. The number of hydrogen-bond acceptors (Lipinski definition) is 7. The van der Waals surface area contributed by atoms with Crippen molar-refractivity contribution in [2.45, 2.75) is 31.9 Å². The number of aliphatic hydroxyl groups is 1. The number of nitrogen functional groups attached to an aromatic ring is 1. The fourth-order valence-electron chi connectivity index (χ4n) is 2.35. The summed E-state index contributed by atoms with van der Waals surface area (Å²) in [5.74, 6) is 1.44. The molecule has 1 fully saturated rings. The van der Waals surface area contributed by atoms with Gasteiger partial charge in [-0.15, -0.1) is 0 Å². The monoisotopic (exact) mass is 266 g/mol. The van der Waals surface area contributed by atoms with Gasteiger partial charge in [0.25, 0.3) is 0 Å². The molecule has 2 heterocycles. The Labute approximate surface area is 113 Å². The molecule has 1 aliphatic heterocycles. The van der Waals surface area contributed by atoms with E-state index in [1.165, 1.54) is 0 Å². The predicted molar refractivity (Wildman–Crippen MR) is 73.7 cm³/mol. The van der Waals surface area contributed by atoms with E-state index in [1.807, 2.05) is 21.0 Å². The first-order valence-electron chi connectivity index (χ1n) is 6.48. The molecule has 0 bridgehead atoms. The zero-order chi connectivity index (χ0) is 14.0. The Hall–Kier alpha value is -1.47. The highest BCUT2D eigenvalue weighted by atomic mass is 16.3. The molecule has 1 aromatic heterocycles. The molecule has 0 aromatic carbocycles. The van der Waals surface area contributed by atoms with E-state index < -0.39 is 5.60 Å². The second kappa shape index (κ2) is 5.26. The van der Waals surface area contributed by atoms with Crippen molar-refractivity contribution >= 4 is 11.9 Å². The fraction of sp³-hybridized carbons (Fsp3) is 0.750. The van der Waals surface area contributed by atoms with Crippen LogP contribution in [0.25, 0.3) is 0 Å². The molecule has 2 rings (SSSR count). The number of nitrogens with zero attached hydrogens (tertiary/aromatic N) is 5. The van der Waals surface area contributed by atoms with Crippen molar-refractivity contribution in [3.8, 4) is 0 Å². The minimum atomic E-state index is -0.624. The van der Waals surface area contributed by atoms with E-state index in [0.29, 0.717) is 24.9 Å². The highest BCUT2D eigenvalue weighted by Crippen LogP contribution is 2.21. The summed E-state index contributed by atoms with van der Waals surface area (Å²) in [4.78, 5) is 16.6. The third-order valence-electron chi connectivity index (χ3n) is 3.21. The maximum atomic E-state index is 10.1. The Balaban J connectivity index is 2.10. The van der Waals surface area contributed by atoms with Gasteiger partial charge in [-0.05, 0) is 26.3 Å². The van der Waals surface area contributed by atoms with Crippen LogP contribution in [-0.4, -0.2) is 57.7 Å². The fourth-order valence-corrected chi connectivity index (χ4v) is 2.35. The molecule has 0 amide bonds. The van der Waals surface area contributed by atoms with Gasteiger partial charge in [-0.25, -0.2) is 0 Å². The molecule has 19 heavy (non-hydrogen) atoms. The van der Waals surface area contributed by atoms with Crippen molar-refractivity contribution in [3.05, 3.63) is 5.82 Å². The SMILES string of the molecule is CN(C)c1nc(N)nc(CN2CCCC(C)(O)C2)n1. The van der Waals surface area contributed by atoms with Crippen LogP contribution in [0, 0.1) is 0 Å². The van der Waals surface area contributed by atoms with Crippen molar-refractivity contribution < 1.29 is 5.11 Å². The number of hydrogen-bond donors (Lipinski definition) is 2. The first-order valence-corrected chi connectivity index (χ1v) is 6.48. The summed E-state index contributed by atoms with van der Waals surface area (Å²) in [5.41, 5.74) is 5.08. The zero-order valence-corrected chi connectivity index (χ0v) is 11.8. The van der Waals surface area contributed by atoms with Gasteiger partial charge in [-0.1, -0.05) is 0 Å². The van der Waals surface area contributed by atoms with Gasteiger partial charge in [0.05, 0.1) is 12.1 Å². The topological polar surface area (TPSA) is 91.4 Å². The molecule has 7 nitrogen and oxygen atoms in total. The van der Waals surface area contributed by atoms with E-state index in [1.54, 1.807) is 4.90 Å². The van der Waals surface area contributed by atoms with Gasteiger partial charge >= 0.3 is 0 Å². The Morgan fingerprint density at radius 1 is 1.37 bits per heavy atom. The zero-order valence-electron chi connectivity index (χ0n) is 11.8. The minimum absolute atomic E-state index is 0.234. The van der Waals surface area contributed by atoms with Crippen molar-refractivity contribution in [3.63, 3.8) is 0 Å². The van der Waals surface area contributed by atoms with E-state index in [4.69, 9.17) is 5.73 Å². The average molecular weight is 266 g/mol. The largest absolute Gasteiger partial charge is 0.389 e. The number of β-amino-alcohol motifs (C(OH)–C–C–N with tert-alkyl or cyclic N) is 1. The quantitative estimate of drug-likeness (QED) is 0.787. The smallest absolute Gasteiger partial charge is 0.229 e. The van der Waals surface area contributed by atoms with Crippen molar-refractivity contribution in [1.82, 2.24) is 19.9 Å². The lowest BCUT2D eigenvalue weighted by molar-refractivity contribution is -0.0188. The van der Waals surface area contributed by atoms with Crippen LogP contribution in [0.15, 0.2) is 0 Å². The lowest BCUT2D eigenvalue weighted by Gasteiger charge is -2.36. The van der Waals surface area contributed by atoms with Crippen LogP contribution >= 0.6 is 0 Å². The van der Waals surface area contributed by atoms with Crippen molar-refractivity contribution in [2.24, 2.45) is 0 Å². The summed E-state index contributed by atoms with van der Waals surface area (Å²) < 4.78 is 0. The number of nitrogens with two attached hydrogens (primary N) is 1. The van der Waals surface area contributed by atoms with Gasteiger partial charge in [0.2, 0.25) is 11.9 Å². The predicted octanol–water partition coefficient (Wildman–Crippen LogP) is -0.133. The van der Waals surface area contributed by atoms with E-state index in [9.17, 15) is 5.11 Å². The molecular weight excluding hydrogens is 244 g/mol. The number of aromatic nitrogens is 3. The Bertz CT molecular complexity index is 448. The van der Waals surface area contributed by atoms with Gasteiger partial charge in [0.1, 0.15) is 5.82 Å². The number of rotatable bonds is 3. The summed E-state index contributed by atoms with van der Waals surface area (Å²) in [6.07, 6.45) is 1.82. The third kappa shape index (κ3) is 3.74. The molecule has 3 N–H and O–H groups in total. The van der Waals surface area contributed by atoms with E-state index in [-0.39, 0.29) is 5.95 Å². The number of anilines is 2. The van der Waals surface area contributed by atoms with Gasteiger partial charge < -0.3 is 15.7 Å². The molecule has 1 saturated heterocycles. The molecule has 1 unspecified atom stereocenters. The highest BCUT2D eigenvalue weighted by molar-refractivity contribution is 5.32. The molecule has 1 aliphatic rings. The molecule has 1 aromatic rings. The Kier molecular flexibility index (Phi) is 3.86. The van der Waals surface area contributed by atoms with Crippen LogP contribution in [-0.2, 0) is 6.54 Å². The minimum Gasteiger partial charge on any atom is -0.389 e. The standard InChI is InChI=1S/C12H22N6O/c1-12(19)5-4-6-18(8-12)7-9-14-10(13)16-11(15-9)17(2)3/h19H,4-8H2,1-3H3,(H2,13,14,15,16). The van der Waals surface area contributed by atoms with Crippen LogP contribution in [0.2, 0.25) is 0 Å². The first kappa shape index (κ1) is 14.0. The lowest BCUT2D eigenvalue weighted by Crippen LogP contribution is -2.45. The second-order valence-corrected chi connectivity index (χ2v) is 5.62. The molecule has 0 saturated carbocycles. The van der Waals surface area contributed by atoms with E-state index in [0.717, 1.165) is 19.4 Å². The summed E-state index contributed by atoms with van der Waals surface area (Å²) in [7, 11) is 3.73. The maximum Gasteiger partial charge on any atom is 0.229 e. The molecule has 106 valence electrons. The normalized spacial score (nSPS) is 24.4. The van der Waals surface area contributed by atoms with Crippen molar-refractivity contribution in [1.29, 1.82) is 0 Å². The average Bonchev–Trinajstić information content (AvgIpc) is 2.26. The molecule has 1 atom stereocenters. The second-order valence-electron chi connectivity index (χ2n) is 5.62. The van der Waals surface area contributed by atoms with Gasteiger partial charge in [-0.3, -0.25) is 4.90 Å². The highest BCUT2D eigenvalue weighted by Gasteiger charge is 2.28. The Morgan fingerprint density at radius 2 is 2.11 bits per heavy atom. The van der Waals surface area contributed by atoms with Crippen LogP contribution in [0.1, 0.15) is 25.6 Å². The van der Waals surface area contributed by atoms with Gasteiger partial charge in [0.15, 0.2) is 0 Å². The molecule has 7 heteroatoms. The van der Waals surface area contributed by atoms with Crippen LogP contribution in [0.5, 0.6) is 0 Å². The summed E-state index contributed by atoms with van der Waals surface area (Å²) in [5, 5.41) is 10.1. The van der Waals surface area contributed by atoms with Gasteiger partial charge in [-0.2, -0.15) is 15.0 Å². The lowest BCUT2D eigenvalue weighted by atomic mass is 9.95. The van der Waals surface area contributed by atoms with Gasteiger partial charge in [0, 0.05) is 20.6 Å². The van der Waals surface area contributed by atoms with Crippen LogP contribution in [0.3, 0.4) is 0 Å².